The van der Waals surface area contributed by atoms with Gasteiger partial charge in [0.15, 0.2) is 0 Å². The second kappa shape index (κ2) is 10.2. The van der Waals surface area contributed by atoms with Crippen LogP contribution in [0.15, 0.2) is 81.6 Å². The predicted molar refractivity (Wildman–Crippen MR) is 131 cm³/mol. The molecule has 0 atom stereocenters. The Bertz CT molecular complexity index is 1350. The molecular weight excluding hydrogens is 588 g/mol. The van der Waals surface area contributed by atoms with Crippen LogP contribution < -0.4 is 37.7 Å². The van der Waals surface area contributed by atoms with Gasteiger partial charge in [0, 0.05) is 21.9 Å². The fraction of sp³-hybridized carbons (Fsp3) is 0. The molecule has 6 heteroatoms. The van der Waals surface area contributed by atoms with Gasteiger partial charge in [0.05, 0.1) is 7.14 Å². The number of fused-ring (bicyclic) bond motifs is 6. The second-order valence-corrected chi connectivity index (χ2v) is 8.59. The van der Waals surface area contributed by atoms with Crippen LogP contribution in [0.2, 0.25) is 0 Å². The molecule has 0 bridgehead atoms. The van der Waals surface area contributed by atoms with Gasteiger partial charge in [-0.15, -0.1) is 22.9 Å². The van der Waals surface area contributed by atoms with E-state index in [0.29, 0.717) is 0 Å². The molecular formula is C24H12I2Li2O2. The van der Waals surface area contributed by atoms with Crippen molar-refractivity contribution in [2.75, 3.05) is 0 Å². The van der Waals surface area contributed by atoms with Crippen molar-refractivity contribution in [1.29, 1.82) is 0 Å². The molecule has 2 heterocycles. The van der Waals surface area contributed by atoms with Gasteiger partial charge < -0.3 is 8.83 Å². The van der Waals surface area contributed by atoms with Gasteiger partial charge in [0.2, 0.25) is 0 Å². The van der Waals surface area contributed by atoms with E-state index in [9.17, 15) is 0 Å². The summed E-state index contributed by atoms with van der Waals surface area (Å²) in [5.74, 6) is 0. The van der Waals surface area contributed by atoms with Gasteiger partial charge in [-0.1, -0.05) is 24.3 Å². The normalized spacial score (nSPS) is 10.5. The summed E-state index contributed by atoms with van der Waals surface area (Å²) in [6.45, 7) is 0. The molecule has 0 unspecified atom stereocenters. The van der Waals surface area contributed by atoms with Crippen LogP contribution >= 0.6 is 45.2 Å². The summed E-state index contributed by atoms with van der Waals surface area (Å²) < 4.78 is 13.8. The van der Waals surface area contributed by atoms with Crippen molar-refractivity contribution in [3.63, 3.8) is 0 Å². The van der Waals surface area contributed by atoms with Crippen LogP contribution in [-0.4, -0.2) is 0 Å². The zero-order chi connectivity index (χ0) is 19.1. The average molecular weight is 600 g/mol. The van der Waals surface area contributed by atoms with Crippen molar-refractivity contribution >= 4 is 89.1 Å². The largest absolute Gasteiger partial charge is 1.00 e. The molecule has 0 radical (unpaired) electrons. The second-order valence-electron chi connectivity index (χ2n) is 6.26. The molecule has 6 rings (SSSR count). The maximum Gasteiger partial charge on any atom is 1.00 e. The van der Waals surface area contributed by atoms with E-state index < -0.39 is 0 Å². The van der Waals surface area contributed by atoms with Crippen molar-refractivity contribution in [3.8, 4) is 0 Å². The van der Waals surface area contributed by atoms with Crippen LogP contribution in [-0.2, 0) is 0 Å². The third kappa shape index (κ3) is 4.37. The zero-order valence-corrected chi connectivity index (χ0v) is 20.8. The molecule has 0 spiro atoms. The average Bonchev–Trinajstić information content (AvgIpc) is 3.29. The van der Waals surface area contributed by atoms with Gasteiger partial charge in [-0.25, -0.2) is 0 Å². The van der Waals surface area contributed by atoms with Gasteiger partial charge in [0.25, 0.3) is 0 Å². The number of halogens is 2. The van der Waals surface area contributed by atoms with Gasteiger partial charge >= 0.3 is 37.7 Å². The minimum Gasteiger partial charge on any atom is -0.510 e. The summed E-state index contributed by atoms with van der Waals surface area (Å²) in [6.07, 6.45) is 0. The fourth-order valence-electron chi connectivity index (χ4n) is 3.29. The molecule has 6 aromatic rings. The number of benzene rings is 4. The van der Waals surface area contributed by atoms with Gasteiger partial charge in [-0.2, -0.15) is 36.4 Å². The minimum absolute atomic E-state index is 0. The molecule has 0 aliphatic rings. The third-order valence-electron chi connectivity index (χ3n) is 4.56. The molecule has 136 valence electrons. The molecule has 0 aliphatic heterocycles. The van der Waals surface area contributed by atoms with E-state index in [1.807, 2.05) is 36.4 Å². The first-order valence-corrected chi connectivity index (χ1v) is 10.8. The van der Waals surface area contributed by atoms with Crippen LogP contribution in [0.5, 0.6) is 0 Å². The van der Waals surface area contributed by atoms with E-state index in [0.717, 1.165) is 40.2 Å². The molecule has 0 N–H and O–H groups in total. The Morgan fingerprint density at radius 2 is 0.967 bits per heavy atom. The topological polar surface area (TPSA) is 26.3 Å². The van der Waals surface area contributed by atoms with Crippen molar-refractivity contribution in [3.05, 3.63) is 92.1 Å². The molecule has 2 aromatic heterocycles. The number of furan rings is 2. The van der Waals surface area contributed by atoms with Gasteiger partial charge in [-0.3, -0.25) is 0 Å². The Kier molecular flexibility index (Phi) is 8.06. The third-order valence-corrected chi connectivity index (χ3v) is 6.26. The Balaban J connectivity index is 0.000000161. The summed E-state index contributed by atoms with van der Waals surface area (Å²) in [7, 11) is 0. The number of rotatable bonds is 0. The van der Waals surface area contributed by atoms with Gasteiger partial charge in [0.1, 0.15) is 11.2 Å². The van der Waals surface area contributed by atoms with Crippen molar-refractivity contribution in [2.24, 2.45) is 0 Å². The molecule has 30 heavy (non-hydrogen) atoms. The SMILES string of the molecule is Ic1cccc2c1oc1c(I)cccc12.[Li+].[Li+].[c-]1cccc2c1oc1[c-]cccc12. The standard InChI is InChI=1S/C12H6I2O.C12H6O.2Li/c13-9-5-1-3-7-8-4-2-6-10(14)12(8)15-11(7)9;1-3-7-11-9(5-1)10-6-2-4-8-12(10)13-11;;/h1-6H;1-6H;;/q;-2;2*+1. The molecule has 2 nitrogen and oxygen atoms in total. The van der Waals surface area contributed by atoms with E-state index in [4.69, 9.17) is 8.83 Å². The van der Waals surface area contributed by atoms with E-state index in [1.54, 1.807) is 0 Å². The molecule has 0 fully saturated rings. The first kappa shape index (κ1) is 23.8. The Hall–Kier alpha value is -0.865. The van der Waals surface area contributed by atoms with Crippen LogP contribution in [0.4, 0.5) is 0 Å². The number of hydrogen-bond acceptors (Lipinski definition) is 2. The van der Waals surface area contributed by atoms with E-state index in [1.165, 1.54) is 10.8 Å². The maximum absolute atomic E-state index is 5.90. The van der Waals surface area contributed by atoms with Crippen molar-refractivity contribution in [2.45, 2.75) is 0 Å². The maximum atomic E-state index is 5.90. The quantitative estimate of drug-likeness (QED) is 0.152. The summed E-state index contributed by atoms with van der Waals surface area (Å²) in [6, 6.07) is 30.3. The summed E-state index contributed by atoms with van der Waals surface area (Å²) >= 11 is 4.62. The van der Waals surface area contributed by atoms with Crippen LogP contribution in [0.3, 0.4) is 0 Å². The number of hydrogen-bond donors (Lipinski definition) is 0. The Morgan fingerprint density at radius 1 is 0.533 bits per heavy atom. The van der Waals surface area contributed by atoms with Crippen LogP contribution in [0.25, 0.3) is 43.9 Å². The van der Waals surface area contributed by atoms with Gasteiger partial charge in [-0.05, 0) is 57.3 Å². The van der Waals surface area contributed by atoms with Crippen LogP contribution in [0.1, 0.15) is 0 Å². The zero-order valence-electron chi connectivity index (χ0n) is 16.5. The summed E-state index contributed by atoms with van der Waals surface area (Å²) in [5.41, 5.74) is 3.61. The van der Waals surface area contributed by atoms with E-state index in [-0.39, 0.29) is 37.7 Å². The Morgan fingerprint density at radius 3 is 1.43 bits per heavy atom. The predicted octanol–water partition coefficient (Wildman–Crippen LogP) is 1.99. The summed E-state index contributed by atoms with van der Waals surface area (Å²) in [4.78, 5) is 0. The molecule has 0 saturated heterocycles. The Labute approximate surface area is 225 Å². The van der Waals surface area contributed by atoms with Crippen molar-refractivity contribution < 1.29 is 46.6 Å². The smallest absolute Gasteiger partial charge is 0.510 e. The first-order valence-electron chi connectivity index (χ1n) is 8.67. The van der Waals surface area contributed by atoms with Crippen molar-refractivity contribution in [1.82, 2.24) is 0 Å². The molecule has 0 saturated carbocycles. The molecule has 0 aliphatic carbocycles. The first-order chi connectivity index (χ1) is 13.7. The molecule has 0 amide bonds. The summed E-state index contributed by atoms with van der Waals surface area (Å²) in [5, 5.41) is 4.62. The number of para-hydroxylation sites is 4. The fourth-order valence-corrected chi connectivity index (χ4v) is 4.51. The van der Waals surface area contributed by atoms with E-state index >= 15 is 0 Å². The van der Waals surface area contributed by atoms with E-state index in [2.05, 4.69) is 93.7 Å². The minimum atomic E-state index is 0. The van der Waals surface area contributed by atoms with Crippen LogP contribution in [0, 0.1) is 19.3 Å². The monoisotopic (exact) mass is 600 g/mol. The molecule has 4 aromatic carbocycles.